The Morgan fingerprint density at radius 2 is 2.20 bits per heavy atom. The summed E-state index contributed by atoms with van der Waals surface area (Å²) in [6, 6.07) is 6.66. The number of nitrogens with one attached hydrogen (secondary N) is 1. The van der Waals surface area contributed by atoms with Gasteiger partial charge in [0.1, 0.15) is 0 Å². The van der Waals surface area contributed by atoms with E-state index in [1.54, 1.807) is 0 Å². The van der Waals surface area contributed by atoms with Crippen LogP contribution in [0.2, 0.25) is 5.02 Å². The molecule has 0 saturated heterocycles. The molecule has 1 N–H and O–H groups in total. The number of halogens is 2. The Morgan fingerprint density at radius 1 is 1.40 bits per heavy atom. The Hall–Kier alpha value is -0.210. The first kappa shape index (κ1) is 11.3. The van der Waals surface area contributed by atoms with Crippen molar-refractivity contribution in [3.8, 4) is 0 Å². The van der Waals surface area contributed by atoms with E-state index in [2.05, 4.69) is 34.2 Å². The van der Waals surface area contributed by atoms with E-state index >= 15 is 0 Å². The van der Waals surface area contributed by atoms with Crippen LogP contribution < -0.4 is 5.32 Å². The molecule has 1 aliphatic carbocycles. The molecule has 0 bridgehead atoms. The molecule has 0 heterocycles. The van der Waals surface area contributed by atoms with Gasteiger partial charge in [0.05, 0.1) is 5.02 Å². The second kappa shape index (κ2) is 4.75. The number of anilines is 1. The first-order valence-corrected chi connectivity index (χ1v) is 6.55. The highest BCUT2D eigenvalue weighted by atomic mass is 79.9. The second-order valence-electron chi connectivity index (χ2n) is 4.29. The largest absolute Gasteiger partial charge is 0.382 e. The van der Waals surface area contributed by atoms with Gasteiger partial charge >= 0.3 is 0 Å². The zero-order valence-corrected chi connectivity index (χ0v) is 11.1. The van der Waals surface area contributed by atoms with Crippen LogP contribution in [0.4, 0.5) is 5.69 Å². The van der Waals surface area contributed by atoms with Crippen molar-refractivity contribution in [1.82, 2.24) is 0 Å². The van der Waals surface area contributed by atoms with Crippen molar-refractivity contribution in [2.24, 2.45) is 5.92 Å². The van der Waals surface area contributed by atoms with Gasteiger partial charge in [-0.25, -0.2) is 0 Å². The normalized spacial score (nSPS) is 25.5. The predicted molar refractivity (Wildman–Crippen MR) is 69.6 cm³/mol. The summed E-state index contributed by atoms with van der Waals surface area (Å²) in [6.45, 7) is 2.31. The van der Waals surface area contributed by atoms with Gasteiger partial charge in [-0.3, -0.25) is 0 Å². The summed E-state index contributed by atoms with van der Waals surface area (Å²) in [6.07, 6.45) is 3.94. The molecule has 2 rings (SSSR count). The zero-order chi connectivity index (χ0) is 10.8. The van der Waals surface area contributed by atoms with Gasteiger partial charge in [-0.15, -0.1) is 0 Å². The minimum atomic E-state index is 0.613. The van der Waals surface area contributed by atoms with E-state index in [0.29, 0.717) is 6.04 Å². The molecule has 0 spiro atoms. The quantitative estimate of drug-likeness (QED) is 0.831. The molecule has 1 aliphatic rings. The number of benzene rings is 1. The number of hydrogen-bond acceptors (Lipinski definition) is 1. The molecule has 1 fully saturated rings. The molecule has 1 saturated carbocycles. The number of rotatable bonds is 2. The molecule has 1 nitrogen and oxygen atoms in total. The lowest BCUT2D eigenvalue weighted by atomic mass is 10.1. The SMILES string of the molecule is CC1CCCC1Nc1ccc(Br)c(Cl)c1. The lowest BCUT2D eigenvalue weighted by Crippen LogP contribution is -2.21. The van der Waals surface area contributed by atoms with Gasteiger partial charge in [-0.2, -0.15) is 0 Å². The lowest BCUT2D eigenvalue weighted by Gasteiger charge is -2.18. The molecule has 2 atom stereocenters. The fourth-order valence-electron chi connectivity index (χ4n) is 2.16. The summed E-state index contributed by atoms with van der Waals surface area (Å²) in [5, 5.41) is 4.32. The standard InChI is InChI=1S/C12H15BrClN/c1-8-3-2-4-12(8)15-9-5-6-10(13)11(14)7-9/h5-8,12,15H,2-4H2,1H3. The third-order valence-electron chi connectivity index (χ3n) is 3.13. The Bertz CT molecular complexity index is 353. The van der Waals surface area contributed by atoms with Gasteiger partial charge in [0.25, 0.3) is 0 Å². The van der Waals surface area contributed by atoms with Crippen LogP contribution in [0.3, 0.4) is 0 Å². The van der Waals surface area contributed by atoms with E-state index in [-0.39, 0.29) is 0 Å². The van der Waals surface area contributed by atoms with E-state index in [4.69, 9.17) is 11.6 Å². The molecule has 0 amide bonds. The molecule has 0 aliphatic heterocycles. The van der Waals surface area contributed by atoms with Gasteiger partial charge in [-0.05, 0) is 52.9 Å². The summed E-state index contributed by atoms with van der Waals surface area (Å²) >= 11 is 9.44. The topological polar surface area (TPSA) is 12.0 Å². The molecule has 1 aromatic carbocycles. The molecule has 2 unspecified atom stereocenters. The molecule has 0 radical (unpaired) electrons. The van der Waals surface area contributed by atoms with E-state index in [1.165, 1.54) is 19.3 Å². The van der Waals surface area contributed by atoms with Crippen molar-refractivity contribution >= 4 is 33.2 Å². The maximum Gasteiger partial charge on any atom is 0.0568 e. The van der Waals surface area contributed by atoms with Crippen LogP contribution in [0.25, 0.3) is 0 Å². The van der Waals surface area contributed by atoms with Crippen molar-refractivity contribution in [1.29, 1.82) is 0 Å². The van der Waals surface area contributed by atoms with Crippen molar-refractivity contribution in [2.75, 3.05) is 5.32 Å². The van der Waals surface area contributed by atoms with Crippen molar-refractivity contribution in [3.63, 3.8) is 0 Å². The van der Waals surface area contributed by atoms with Crippen LogP contribution >= 0.6 is 27.5 Å². The summed E-state index contributed by atoms with van der Waals surface area (Å²) < 4.78 is 0.953. The van der Waals surface area contributed by atoms with Crippen molar-refractivity contribution < 1.29 is 0 Å². The van der Waals surface area contributed by atoms with Crippen molar-refractivity contribution in [2.45, 2.75) is 32.2 Å². The summed E-state index contributed by atoms with van der Waals surface area (Å²) in [5.74, 6) is 0.771. The van der Waals surface area contributed by atoms with Crippen molar-refractivity contribution in [3.05, 3.63) is 27.7 Å². The van der Waals surface area contributed by atoms with E-state index < -0.39 is 0 Å². The van der Waals surface area contributed by atoms with Crippen LogP contribution in [0.1, 0.15) is 26.2 Å². The van der Waals surface area contributed by atoms with Gasteiger partial charge in [-0.1, -0.05) is 24.9 Å². The van der Waals surface area contributed by atoms with Crippen LogP contribution in [0.15, 0.2) is 22.7 Å². The highest BCUT2D eigenvalue weighted by Gasteiger charge is 2.22. The first-order chi connectivity index (χ1) is 7.16. The Labute approximate surface area is 104 Å². The highest BCUT2D eigenvalue weighted by Crippen LogP contribution is 2.30. The monoisotopic (exact) mass is 287 g/mol. The van der Waals surface area contributed by atoms with E-state index in [9.17, 15) is 0 Å². The Morgan fingerprint density at radius 3 is 2.80 bits per heavy atom. The summed E-state index contributed by atoms with van der Waals surface area (Å²) in [7, 11) is 0. The molecule has 1 aromatic rings. The number of hydrogen-bond donors (Lipinski definition) is 1. The Kier molecular flexibility index (Phi) is 3.57. The lowest BCUT2D eigenvalue weighted by molar-refractivity contribution is 0.556. The van der Waals surface area contributed by atoms with Crippen LogP contribution in [0.5, 0.6) is 0 Å². The maximum absolute atomic E-state index is 6.05. The maximum atomic E-state index is 6.05. The molecule has 3 heteroatoms. The fraction of sp³-hybridized carbons (Fsp3) is 0.500. The van der Waals surface area contributed by atoms with Crippen LogP contribution in [-0.2, 0) is 0 Å². The zero-order valence-electron chi connectivity index (χ0n) is 8.76. The fourth-order valence-corrected chi connectivity index (χ4v) is 2.59. The third-order valence-corrected chi connectivity index (χ3v) is 4.37. The highest BCUT2D eigenvalue weighted by molar-refractivity contribution is 9.10. The Balaban J connectivity index is 2.07. The van der Waals surface area contributed by atoms with Gasteiger partial charge < -0.3 is 5.32 Å². The van der Waals surface area contributed by atoms with E-state index in [0.717, 1.165) is 21.1 Å². The first-order valence-electron chi connectivity index (χ1n) is 5.38. The average Bonchev–Trinajstić information content (AvgIpc) is 2.59. The van der Waals surface area contributed by atoms with Gasteiger partial charge in [0.15, 0.2) is 0 Å². The molecule has 15 heavy (non-hydrogen) atoms. The minimum absolute atomic E-state index is 0.613. The molecule has 82 valence electrons. The van der Waals surface area contributed by atoms with Crippen LogP contribution in [-0.4, -0.2) is 6.04 Å². The minimum Gasteiger partial charge on any atom is -0.382 e. The van der Waals surface area contributed by atoms with E-state index in [1.807, 2.05) is 12.1 Å². The molecule has 0 aromatic heterocycles. The summed E-state index contributed by atoms with van der Waals surface area (Å²) in [4.78, 5) is 0. The van der Waals surface area contributed by atoms with Gasteiger partial charge in [0.2, 0.25) is 0 Å². The molecular weight excluding hydrogens is 273 g/mol. The van der Waals surface area contributed by atoms with Gasteiger partial charge in [0, 0.05) is 16.2 Å². The third kappa shape index (κ3) is 2.67. The summed E-state index contributed by atoms with van der Waals surface area (Å²) in [5.41, 5.74) is 1.13. The smallest absolute Gasteiger partial charge is 0.0568 e. The predicted octanol–water partition coefficient (Wildman–Crippen LogP) is 4.70. The average molecular weight is 289 g/mol. The second-order valence-corrected chi connectivity index (χ2v) is 5.55. The molecular formula is C12H15BrClN. The van der Waals surface area contributed by atoms with Crippen LogP contribution in [0, 0.1) is 5.92 Å².